The maximum atomic E-state index is 10.7. The number of carbonyl (C=O) groups is 2. The van der Waals surface area contributed by atoms with E-state index in [9.17, 15) is 14.7 Å². The van der Waals surface area contributed by atoms with E-state index < -0.39 is 0 Å². The van der Waals surface area contributed by atoms with Crippen molar-refractivity contribution in [2.45, 2.75) is 18.8 Å². The molecule has 0 saturated heterocycles. The van der Waals surface area contributed by atoms with Crippen LogP contribution in [0.3, 0.4) is 0 Å². The van der Waals surface area contributed by atoms with Crippen molar-refractivity contribution in [2.24, 2.45) is 0 Å². The number of carbonyl (C=O) groups excluding carboxylic acids is 2. The van der Waals surface area contributed by atoms with E-state index in [1.165, 1.54) is 6.07 Å². The molecule has 1 rings (SSSR count). The van der Waals surface area contributed by atoms with Crippen LogP contribution in [0, 0.1) is 0 Å². The molecule has 14 heavy (non-hydrogen) atoms. The zero-order valence-corrected chi connectivity index (χ0v) is 7.72. The maximum Gasteiger partial charge on any atom is 0.127 e. The van der Waals surface area contributed by atoms with E-state index in [1.807, 2.05) is 0 Å². The molecule has 1 aromatic carbocycles. The van der Waals surface area contributed by atoms with Gasteiger partial charge in [0, 0.05) is 17.9 Å². The summed E-state index contributed by atoms with van der Waals surface area (Å²) in [5, 5.41) is 9.46. The SMILES string of the molecule is O=CCCC(C=O)c1ccccc1O. The monoisotopic (exact) mass is 192 g/mol. The van der Waals surface area contributed by atoms with Crippen molar-refractivity contribution in [3.63, 3.8) is 0 Å². The van der Waals surface area contributed by atoms with Crippen LogP contribution in [0.4, 0.5) is 0 Å². The molecule has 0 saturated carbocycles. The fraction of sp³-hybridized carbons (Fsp3) is 0.273. The number of hydrogen-bond donors (Lipinski definition) is 1. The highest BCUT2D eigenvalue weighted by atomic mass is 16.3. The second kappa shape index (κ2) is 5.17. The zero-order chi connectivity index (χ0) is 10.4. The summed E-state index contributed by atoms with van der Waals surface area (Å²) in [5.41, 5.74) is 0.587. The number of phenolic OH excluding ortho intramolecular Hbond substituents is 1. The summed E-state index contributed by atoms with van der Waals surface area (Å²) in [7, 11) is 0. The highest BCUT2D eigenvalue weighted by Gasteiger charge is 2.13. The molecule has 1 aromatic rings. The third-order valence-corrected chi connectivity index (χ3v) is 2.10. The van der Waals surface area contributed by atoms with Crippen LogP contribution in [-0.2, 0) is 9.59 Å². The first-order chi connectivity index (χ1) is 6.79. The lowest BCUT2D eigenvalue weighted by atomic mass is 9.95. The van der Waals surface area contributed by atoms with Gasteiger partial charge in [0.2, 0.25) is 0 Å². The number of benzene rings is 1. The van der Waals surface area contributed by atoms with Gasteiger partial charge in [-0.15, -0.1) is 0 Å². The molecule has 0 aliphatic carbocycles. The minimum Gasteiger partial charge on any atom is -0.508 e. The van der Waals surface area contributed by atoms with Crippen molar-refractivity contribution in [1.29, 1.82) is 0 Å². The third-order valence-electron chi connectivity index (χ3n) is 2.10. The Hall–Kier alpha value is -1.64. The summed E-state index contributed by atoms with van der Waals surface area (Å²) in [6.45, 7) is 0. The van der Waals surface area contributed by atoms with Crippen molar-refractivity contribution in [2.75, 3.05) is 0 Å². The Morgan fingerprint density at radius 1 is 1.29 bits per heavy atom. The second-order valence-corrected chi connectivity index (χ2v) is 3.05. The standard InChI is InChI=1S/C11H12O3/c12-7-3-4-9(8-13)10-5-1-2-6-11(10)14/h1-2,5-9,14H,3-4H2. The van der Waals surface area contributed by atoms with Crippen molar-refractivity contribution in [1.82, 2.24) is 0 Å². The van der Waals surface area contributed by atoms with Crippen molar-refractivity contribution < 1.29 is 14.7 Å². The second-order valence-electron chi connectivity index (χ2n) is 3.05. The largest absolute Gasteiger partial charge is 0.508 e. The van der Waals surface area contributed by atoms with Crippen LogP contribution in [0.1, 0.15) is 24.3 Å². The van der Waals surface area contributed by atoms with Crippen molar-refractivity contribution in [3.8, 4) is 5.75 Å². The molecule has 0 spiro atoms. The van der Waals surface area contributed by atoms with Crippen LogP contribution in [0.25, 0.3) is 0 Å². The number of aldehydes is 2. The van der Waals surface area contributed by atoms with E-state index in [0.717, 1.165) is 12.6 Å². The molecule has 3 heteroatoms. The maximum absolute atomic E-state index is 10.7. The molecule has 1 N–H and O–H groups in total. The van der Waals surface area contributed by atoms with Gasteiger partial charge >= 0.3 is 0 Å². The predicted octanol–water partition coefficient (Wildman–Crippen LogP) is 1.65. The fourth-order valence-corrected chi connectivity index (χ4v) is 1.35. The first-order valence-corrected chi connectivity index (χ1v) is 4.46. The van der Waals surface area contributed by atoms with Gasteiger partial charge in [0.05, 0.1) is 0 Å². The Kier molecular flexibility index (Phi) is 3.85. The van der Waals surface area contributed by atoms with Crippen LogP contribution in [-0.4, -0.2) is 17.7 Å². The van der Waals surface area contributed by atoms with Gasteiger partial charge in [0.25, 0.3) is 0 Å². The zero-order valence-electron chi connectivity index (χ0n) is 7.72. The first-order valence-electron chi connectivity index (χ1n) is 4.46. The molecule has 0 bridgehead atoms. The van der Waals surface area contributed by atoms with Crippen LogP contribution in [0.5, 0.6) is 5.75 Å². The van der Waals surface area contributed by atoms with E-state index >= 15 is 0 Å². The topological polar surface area (TPSA) is 54.4 Å². The minimum atomic E-state index is -0.388. The Bertz CT molecular complexity index is 320. The highest BCUT2D eigenvalue weighted by Crippen LogP contribution is 2.26. The summed E-state index contributed by atoms with van der Waals surface area (Å²) in [5.74, 6) is -0.281. The predicted molar refractivity (Wildman–Crippen MR) is 52.2 cm³/mol. The van der Waals surface area contributed by atoms with Gasteiger partial charge in [0.1, 0.15) is 18.3 Å². The van der Waals surface area contributed by atoms with Gasteiger partial charge in [-0.1, -0.05) is 18.2 Å². The van der Waals surface area contributed by atoms with Crippen LogP contribution in [0.2, 0.25) is 0 Å². The number of phenols is 1. The normalized spacial score (nSPS) is 12.0. The molecule has 0 radical (unpaired) electrons. The average molecular weight is 192 g/mol. The van der Waals surface area contributed by atoms with Gasteiger partial charge in [-0.3, -0.25) is 0 Å². The lowest BCUT2D eigenvalue weighted by Gasteiger charge is -2.10. The van der Waals surface area contributed by atoms with Gasteiger partial charge in [0.15, 0.2) is 0 Å². The van der Waals surface area contributed by atoms with E-state index in [4.69, 9.17) is 0 Å². The Balaban J connectivity index is 2.83. The number of hydrogen-bond acceptors (Lipinski definition) is 3. The third kappa shape index (κ3) is 2.42. The van der Waals surface area contributed by atoms with E-state index in [2.05, 4.69) is 0 Å². The molecule has 0 aliphatic heterocycles. The van der Waals surface area contributed by atoms with Crippen LogP contribution in [0.15, 0.2) is 24.3 Å². The number of para-hydroxylation sites is 1. The van der Waals surface area contributed by atoms with Gasteiger partial charge in [-0.2, -0.15) is 0 Å². The molecule has 74 valence electrons. The summed E-state index contributed by atoms with van der Waals surface area (Å²) in [6, 6.07) is 6.68. The van der Waals surface area contributed by atoms with Gasteiger partial charge in [-0.25, -0.2) is 0 Å². The van der Waals surface area contributed by atoms with Crippen molar-refractivity contribution in [3.05, 3.63) is 29.8 Å². The number of aromatic hydroxyl groups is 1. The molecular weight excluding hydrogens is 180 g/mol. The summed E-state index contributed by atoms with van der Waals surface area (Å²) >= 11 is 0. The summed E-state index contributed by atoms with van der Waals surface area (Å²) in [6.07, 6.45) is 2.32. The average Bonchev–Trinajstić information content (AvgIpc) is 2.21. The molecule has 1 atom stereocenters. The molecule has 0 aromatic heterocycles. The number of rotatable bonds is 5. The highest BCUT2D eigenvalue weighted by molar-refractivity contribution is 5.65. The van der Waals surface area contributed by atoms with Gasteiger partial charge < -0.3 is 14.7 Å². The summed E-state index contributed by atoms with van der Waals surface area (Å²) < 4.78 is 0. The van der Waals surface area contributed by atoms with E-state index in [1.54, 1.807) is 18.2 Å². The van der Waals surface area contributed by atoms with Crippen LogP contribution >= 0.6 is 0 Å². The molecule has 0 amide bonds. The quantitative estimate of drug-likeness (QED) is 0.722. The van der Waals surface area contributed by atoms with Crippen LogP contribution < -0.4 is 0 Å². The van der Waals surface area contributed by atoms with Gasteiger partial charge in [-0.05, 0) is 12.5 Å². The fourth-order valence-electron chi connectivity index (χ4n) is 1.35. The lowest BCUT2D eigenvalue weighted by Crippen LogP contribution is -2.00. The molecular formula is C11H12O3. The molecule has 3 nitrogen and oxygen atoms in total. The molecule has 0 fully saturated rings. The Morgan fingerprint density at radius 3 is 2.57 bits per heavy atom. The molecule has 0 heterocycles. The molecule has 0 aliphatic rings. The Morgan fingerprint density at radius 2 is 2.00 bits per heavy atom. The minimum absolute atomic E-state index is 0.107. The van der Waals surface area contributed by atoms with Crippen molar-refractivity contribution >= 4 is 12.6 Å². The molecule has 1 unspecified atom stereocenters. The van der Waals surface area contributed by atoms with E-state index in [-0.39, 0.29) is 11.7 Å². The lowest BCUT2D eigenvalue weighted by molar-refractivity contribution is -0.110. The Labute approximate surface area is 82.4 Å². The van der Waals surface area contributed by atoms with E-state index in [0.29, 0.717) is 18.4 Å². The first kappa shape index (κ1) is 10.4. The smallest absolute Gasteiger partial charge is 0.127 e. The summed E-state index contributed by atoms with van der Waals surface area (Å²) in [4.78, 5) is 20.9.